The Kier molecular flexibility index (Phi) is 4.00. The van der Waals surface area contributed by atoms with Gasteiger partial charge in [-0.2, -0.15) is 0 Å². The van der Waals surface area contributed by atoms with Crippen molar-refractivity contribution >= 4 is 28.9 Å². The van der Waals surface area contributed by atoms with E-state index >= 15 is 0 Å². The summed E-state index contributed by atoms with van der Waals surface area (Å²) in [5.41, 5.74) is 0.947. The topological polar surface area (TPSA) is 72.2 Å². The Labute approximate surface area is 120 Å². The molecule has 102 valence electrons. The summed E-state index contributed by atoms with van der Waals surface area (Å²) in [5.74, 6) is -0.431. The standard InChI is InChI=1S/C14H11ClN2O3/c1-9-10(5-4-8-13(9)17(19)20)14(18)16-12-7-3-2-6-11(12)15/h2-8H,1H3,(H,16,18). The first-order valence-electron chi connectivity index (χ1n) is 5.80. The molecule has 0 aromatic heterocycles. The highest BCUT2D eigenvalue weighted by molar-refractivity contribution is 6.33. The number of nitro benzene ring substituents is 1. The lowest BCUT2D eigenvalue weighted by Crippen LogP contribution is -2.14. The smallest absolute Gasteiger partial charge is 0.273 e. The molecule has 0 radical (unpaired) electrons. The molecule has 2 aromatic carbocycles. The highest BCUT2D eigenvalue weighted by Crippen LogP contribution is 2.24. The van der Waals surface area contributed by atoms with E-state index in [1.54, 1.807) is 31.2 Å². The van der Waals surface area contributed by atoms with Gasteiger partial charge in [0.1, 0.15) is 0 Å². The fourth-order valence-corrected chi connectivity index (χ4v) is 2.00. The Morgan fingerprint density at radius 1 is 1.20 bits per heavy atom. The predicted octanol–water partition coefficient (Wildman–Crippen LogP) is 3.81. The summed E-state index contributed by atoms with van der Waals surface area (Å²) in [6, 6.07) is 11.2. The highest BCUT2D eigenvalue weighted by Gasteiger charge is 2.18. The van der Waals surface area contributed by atoms with E-state index in [0.29, 0.717) is 16.3 Å². The molecular weight excluding hydrogens is 280 g/mol. The van der Waals surface area contributed by atoms with E-state index in [9.17, 15) is 14.9 Å². The minimum Gasteiger partial charge on any atom is -0.321 e. The number of nitro groups is 1. The van der Waals surface area contributed by atoms with Crippen molar-refractivity contribution in [3.8, 4) is 0 Å². The number of nitrogens with zero attached hydrogens (tertiary/aromatic N) is 1. The fourth-order valence-electron chi connectivity index (χ4n) is 1.82. The third-order valence-electron chi connectivity index (χ3n) is 2.87. The van der Waals surface area contributed by atoms with Gasteiger partial charge in [0.2, 0.25) is 0 Å². The van der Waals surface area contributed by atoms with Crippen molar-refractivity contribution in [3.63, 3.8) is 0 Å². The quantitative estimate of drug-likeness (QED) is 0.690. The van der Waals surface area contributed by atoms with E-state index in [-0.39, 0.29) is 11.3 Å². The molecule has 0 unspecified atom stereocenters. The first-order valence-corrected chi connectivity index (χ1v) is 6.18. The van der Waals surface area contributed by atoms with E-state index in [4.69, 9.17) is 11.6 Å². The van der Waals surface area contributed by atoms with Crippen LogP contribution in [0.25, 0.3) is 0 Å². The van der Waals surface area contributed by atoms with Crippen molar-refractivity contribution < 1.29 is 9.72 Å². The highest BCUT2D eigenvalue weighted by atomic mass is 35.5. The van der Waals surface area contributed by atoms with Crippen LogP contribution < -0.4 is 5.32 Å². The summed E-state index contributed by atoms with van der Waals surface area (Å²) < 4.78 is 0. The summed E-state index contributed by atoms with van der Waals surface area (Å²) in [4.78, 5) is 22.5. The van der Waals surface area contributed by atoms with Crippen molar-refractivity contribution in [3.05, 3.63) is 68.7 Å². The molecule has 5 nitrogen and oxygen atoms in total. The van der Waals surface area contributed by atoms with Gasteiger partial charge in [-0.25, -0.2) is 0 Å². The van der Waals surface area contributed by atoms with Gasteiger partial charge in [0.15, 0.2) is 0 Å². The van der Waals surface area contributed by atoms with E-state index < -0.39 is 10.8 Å². The molecule has 0 aliphatic heterocycles. The Morgan fingerprint density at radius 3 is 2.55 bits per heavy atom. The Bertz CT molecular complexity index is 686. The lowest BCUT2D eigenvalue weighted by Gasteiger charge is -2.09. The van der Waals surface area contributed by atoms with Crippen LogP contribution in [0.2, 0.25) is 5.02 Å². The Hall–Kier alpha value is -2.40. The minimum absolute atomic E-state index is 0.0863. The lowest BCUT2D eigenvalue weighted by atomic mass is 10.1. The number of hydrogen-bond donors (Lipinski definition) is 1. The van der Waals surface area contributed by atoms with Crippen LogP contribution in [0.15, 0.2) is 42.5 Å². The third-order valence-corrected chi connectivity index (χ3v) is 3.20. The van der Waals surface area contributed by atoms with Crippen LogP contribution in [0, 0.1) is 17.0 Å². The zero-order valence-corrected chi connectivity index (χ0v) is 11.3. The van der Waals surface area contributed by atoms with Crippen LogP contribution in [0.1, 0.15) is 15.9 Å². The molecular formula is C14H11ClN2O3. The van der Waals surface area contributed by atoms with Crippen molar-refractivity contribution in [1.82, 2.24) is 0 Å². The summed E-state index contributed by atoms with van der Waals surface area (Å²) in [6.07, 6.45) is 0. The van der Waals surface area contributed by atoms with E-state index in [0.717, 1.165) is 0 Å². The summed E-state index contributed by atoms with van der Waals surface area (Å²) in [7, 11) is 0. The van der Waals surface area contributed by atoms with Crippen LogP contribution in [0.3, 0.4) is 0 Å². The van der Waals surface area contributed by atoms with Gasteiger partial charge in [-0.3, -0.25) is 14.9 Å². The van der Waals surface area contributed by atoms with Crippen LogP contribution in [-0.2, 0) is 0 Å². The van der Waals surface area contributed by atoms with Gasteiger partial charge in [-0.15, -0.1) is 0 Å². The van der Waals surface area contributed by atoms with Crippen molar-refractivity contribution in [1.29, 1.82) is 0 Å². The molecule has 20 heavy (non-hydrogen) atoms. The molecule has 0 saturated carbocycles. The molecule has 1 amide bonds. The monoisotopic (exact) mass is 290 g/mol. The summed E-state index contributed by atoms with van der Waals surface area (Å²) in [6.45, 7) is 1.54. The van der Waals surface area contributed by atoms with Crippen LogP contribution in [0.5, 0.6) is 0 Å². The van der Waals surface area contributed by atoms with Gasteiger partial charge in [-0.1, -0.05) is 29.8 Å². The largest absolute Gasteiger partial charge is 0.321 e. The molecule has 0 spiro atoms. The number of hydrogen-bond acceptors (Lipinski definition) is 3. The zero-order valence-electron chi connectivity index (χ0n) is 10.6. The molecule has 6 heteroatoms. The predicted molar refractivity (Wildman–Crippen MR) is 77.2 cm³/mol. The number of amides is 1. The number of halogens is 1. The molecule has 2 rings (SSSR count). The molecule has 0 bridgehead atoms. The Balaban J connectivity index is 2.33. The Morgan fingerprint density at radius 2 is 1.90 bits per heavy atom. The lowest BCUT2D eigenvalue weighted by molar-refractivity contribution is -0.385. The van der Waals surface area contributed by atoms with Crippen molar-refractivity contribution in [2.75, 3.05) is 5.32 Å². The maximum absolute atomic E-state index is 12.2. The second-order valence-corrected chi connectivity index (χ2v) is 4.55. The molecule has 0 aliphatic carbocycles. The molecule has 2 aromatic rings. The number of benzene rings is 2. The number of rotatable bonds is 3. The van der Waals surface area contributed by atoms with Gasteiger partial charge >= 0.3 is 0 Å². The molecule has 0 fully saturated rings. The van der Waals surface area contributed by atoms with Crippen molar-refractivity contribution in [2.24, 2.45) is 0 Å². The molecule has 1 N–H and O–H groups in total. The number of para-hydroxylation sites is 1. The van der Waals surface area contributed by atoms with Crippen LogP contribution in [-0.4, -0.2) is 10.8 Å². The van der Waals surface area contributed by atoms with Crippen LogP contribution in [0.4, 0.5) is 11.4 Å². The second-order valence-electron chi connectivity index (χ2n) is 4.14. The average Bonchev–Trinajstić information content (AvgIpc) is 2.41. The average molecular weight is 291 g/mol. The van der Waals surface area contributed by atoms with E-state index in [1.807, 2.05) is 0 Å². The van der Waals surface area contributed by atoms with Gasteiger partial charge < -0.3 is 5.32 Å². The maximum atomic E-state index is 12.2. The first-order chi connectivity index (χ1) is 9.50. The molecule has 0 saturated heterocycles. The first kappa shape index (κ1) is 14.0. The number of carbonyl (C=O) groups excluding carboxylic acids is 1. The molecule has 0 heterocycles. The molecule has 0 aliphatic rings. The van der Waals surface area contributed by atoms with Crippen LogP contribution >= 0.6 is 11.6 Å². The number of nitrogens with one attached hydrogen (secondary N) is 1. The summed E-state index contributed by atoms with van der Waals surface area (Å²) in [5, 5.41) is 13.9. The van der Waals surface area contributed by atoms with Gasteiger partial charge in [-0.05, 0) is 25.1 Å². The zero-order chi connectivity index (χ0) is 14.7. The van der Waals surface area contributed by atoms with E-state index in [2.05, 4.69) is 5.32 Å². The van der Waals surface area contributed by atoms with E-state index in [1.165, 1.54) is 18.2 Å². The second kappa shape index (κ2) is 5.71. The normalized spacial score (nSPS) is 10.1. The fraction of sp³-hybridized carbons (Fsp3) is 0.0714. The number of carbonyl (C=O) groups is 1. The minimum atomic E-state index is -0.512. The van der Waals surface area contributed by atoms with Crippen molar-refractivity contribution in [2.45, 2.75) is 6.92 Å². The van der Waals surface area contributed by atoms with Gasteiger partial charge in [0, 0.05) is 17.2 Å². The third kappa shape index (κ3) is 2.78. The number of anilines is 1. The van der Waals surface area contributed by atoms with Gasteiger partial charge in [0.05, 0.1) is 15.6 Å². The summed E-state index contributed by atoms with van der Waals surface area (Å²) >= 11 is 5.95. The maximum Gasteiger partial charge on any atom is 0.273 e. The SMILES string of the molecule is Cc1c(C(=O)Nc2ccccc2Cl)cccc1[N+](=O)[O-]. The molecule has 0 atom stereocenters. The van der Waals surface area contributed by atoms with Gasteiger partial charge in [0.25, 0.3) is 11.6 Å².